The number of carbonyl (C=O) groups is 1. The van der Waals surface area contributed by atoms with E-state index in [0.29, 0.717) is 19.4 Å². The quantitative estimate of drug-likeness (QED) is 0.598. The molecule has 1 rings (SSSR count). The Balaban J connectivity index is 2.18. The maximum atomic E-state index is 10.9. The molecule has 3 nitrogen and oxygen atoms in total. The molecule has 12 heavy (non-hydrogen) atoms. The van der Waals surface area contributed by atoms with Crippen LogP contribution in [0.15, 0.2) is 0 Å². The summed E-state index contributed by atoms with van der Waals surface area (Å²) in [5.74, 6) is -0.181. The smallest absolute Gasteiger partial charge is 0.305 e. The minimum Gasteiger partial charge on any atom is -0.466 e. The first-order chi connectivity index (χ1) is 5.72. The molecule has 1 aliphatic carbocycles. The van der Waals surface area contributed by atoms with Gasteiger partial charge in [0, 0.05) is 6.42 Å². The van der Waals surface area contributed by atoms with Gasteiger partial charge in [-0.3, -0.25) is 4.79 Å². The Bertz CT molecular complexity index is 213. The van der Waals surface area contributed by atoms with Gasteiger partial charge in [-0.25, -0.2) is 0 Å². The Labute approximate surface area is 72.3 Å². The molecule has 0 amide bonds. The third-order valence-corrected chi connectivity index (χ3v) is 2.20. The first-order valence-electron chi connectivity index (χ1n) is 4.29. The Hall–Kier alpha value is -1.04. The zero-order valence-electron chi connectivity index (χ0n) is 7.30. The monoisotopic (exact) mass is 167 g/mol. The van der Waals surface area contributed by atoms with Crippen molar-refractivity contribution in [2.24, 2.45) is 5.41 Å². The maximum absolute atomic E-state index is 10.9. The number of nitrogens with zero attached hydrogens (tertiary/aromatic N) is 1. The zero-order valence-corrected chi connectivity index (χ0v) is 7.30. The van der Waals surface area contributed by atoms with Crippen molar-refractivity contribution in [3.05, 3.63) is 0 Å². The molecule has 1 aliphatic rings. The van der Waals surface area contributed by atoms with Crippen molar-refractivity contribution < 1.29 is 9.53 Å². The summed E-state index contributed by atoms with van der Waals surface area (Å²) in [6.45, 7) is 2.22. The molecule has 1 saturated carbocycles. The van der Waals surface area contributed by atoms with Crippen LogP contribution < -0.4 is 0 Å². The van der Waals surface area contributed by atoms with Crippen molar-refractivity contribution in [2.45, 2.75) is 32.6 Å². The highest BCUT2D eigenvalue weighted by Gasteiger charge is 2.42. The van der Waals surface area contributed by atoms with Crippen molar-refractivity contribution in [3.63, 3.8) is 0 Å². The number of hydrogen-bond donors (Lipinski definition) is 0. The molecule has 0 aliphatic heterocycles. The van der Waals surface area contributed by atoms with Crippen LogP contribution in [0.3, 0.4) is 0 Å². The van der Waals surface area contributed by atoms with E-state index in [-0.39, 0.29) is 11.4 Å². The Morgan fingerprint density at radius 2 is 2.33 bits per heavy atom. The van der Waals surface area contributed by atoms with E-state index in [9.17, 15) is 4.79 Å². The van der Waals surface area contributed by atoms with Crippen LogP contribution >= 0.6 is 0 Å². The van der Waals surface area contributed by atoms with E-state index in [1.165, 1.54) is 0 Å². The molecule has 3 heteroatoms. The summed E-state index contributed by atoms with van der Waals surface area (Å²) in [4.78, 5) is 10.9. The second-order valence-electron chi connectivity index (χ2n) is 3.20. The van der Waals surface area contributed by atoms with Crippen LogP contribution in [-0.4, -0.2) is 12.6 Å². The maximum Gasteiger partial charge on any atom is 0.305 e. The molecule has 0 N–H and O–H groups in total. The van der Waals surface area contributed by atoms with Gasteiger partial charge >= 0.3 is 5.97 Å². The zero-order chi connectivity index (χ0) is 9.03. The topological polar surface area (TPSA) is 50.1 Å². The number of ether oxygens (including phenoxy) is 1. The lowest BCUT2D eigenvalue weighted by Gasteiger charge is -2.04. The first kappa shape index (κ1) is 9.05. The fraction of sp³-hybridized carbons (Fsp3) is 0.778. The van der Waals surface area contributed by atoms with Crippen LogP contribution in [0.1, 0.15) is 32.6 Å². The summed E-state index contributed by atoms with van der Waals surface area (Å²) in [5.41, 5.74) is -0.174. The highest BCUT2D eigenvalue weighted by atomic mass is 16.5. The van der Waals surface area contributed by atoms with Crippen LogP contribution in [0.4, 0.5) is 0 Å². The third kappa shape index (κ3) is 2.23. The van der Waals surface area contributed by atoms with Gasteiger partial charge in [0.05, 0.1) is 18.1 Å². The van der Waals surface area contributed by atoms with Crippen LogP contribution in [0.25, 0.3) is 0 Å². The molecule has 0 atom stereocenters. The van der Waals surface area contributed by atoms with Gasteiger partial charge in [-0.05, 0) is 26.2 Å². The highest BCUT2D eigenvalue weighted by Crippen LogP contribution is 2.48. The van der Waals surface area contributed by atoms with Crippen LogP contribution in [0.5, 0.6) is 0 Å². The predicted molar refractivity (Wildman–Crippen MR) is 43.1 cm³/mol. The van der Waals surface area contributed by atoms with Gasteiger partial charge < -0.3 is 4.74 Å². The molecule has 0 aromatic heterocycles. The summed E-state index contributed by atoms with van der Waals surface area (Å²) < 4.78 is 4.76. The molecule has 66 valence electrons. The van der Waals surface area contributed by atoms with E-state index in [4.69, 9.17) is 10.00 Å². The summed E-state index contributed by atoms with van der Waals surface area (Å²) in [7, 11) is 0. The van der Waals surface area contributed by atoms with Gasteiger partial charge in [-0.2, -0.15) is 5.26 Å². The Morgan fingerprint density at radius 3 is 2.75 bits per heavy atom. The van der Waals surface area contributed by atoms with E-state index in [1.807, 2.05) is 0 Å². The minimum atomic E-state index is -0.181. The van der Waals surface area contributed by atoms with Crippen molar-refractivity contribution >= 4 is 5.97 Å². The summed E-state index contributed by atoms with van der Waals surface area (Å²) in [5, 5.41) is 8.70. The average molecular weight is 167 g/mol. The number of esters is 1. The summed E-state index contributed by atoms with van der Waals surface area (Å²) >= 11 is 0. The normalized spacial score (nSPS) is 18.0. The SMILES string of the molecule is CCOC(=O)CCC1(C#N)CC1. The van der Waals surface area contributed by atoms with E-state index in [2.05, 4.69) is 6.07 Å². The van der Waals surface area contributed by atoms with E-state index in [1.54, 1.807) is 6.92 Å². The standard InChI is InChI=1S/C9H13NO2/c1-2-12-8(11)3-4-9(7-10)5-6-9/h2-6H2,1H3. The molecule has 0 aromatic rings. The lowest BCUT2D eigenvalue weighted by Crippen LogP contribution is -2.07. The fourth-order valence-electron chi connectivity index (χ4n) is 1.14. The van der Waals surface area contributed by atoms with Crippen molar-refractivity contribution in [2.75, 3.05) is 6.61 Å². The highest BCUT2D eigenvalue weighted by molar-refractivity contribution is 5.69. The average Bonchev–Trinajstić information content (AvgIpc) is 2.82. The van der Waals surface area contributed by atoms with E-state index in [0.717, 1.165) is 12.8 Å². The predicted octanol–water partition coefficient (Wildman–Crippen LogP) is 1.63. The number of rotatable bonds is 4. The van der Waals surface area contributed by atoms with Crippen molar-refractivity contribution in [3.8, 4) is 6.07 Å². The number of carbonyl (C=O) groups excluding carboxylic acids is 1. The molecule has 0 saturated heterocycles. The van der Waals surface area contributed by atoms with Crippen LogP contribution in [0.2, 0.25) is 0 Å². The Morgan fingerprint density at radius 1 is 1.67 bits per heavy atom. The van der Waals surface area contributed by atoms with E-state index < -0.39 is 0 Å². The van der Waals surface area contributed by atoms with Crippen molar-refractivity contribution in [1.29, 1.82) is 5.26 Å². The lowest BCUT2D eigenvalue weighted by molar-refractivity contribution is -0.143. The second-order valence-corrected chi connectivity index (χ2v) is 3.20. The van der Waals surface area contributed by atoms with Crippen LogP contribution in [-0.2, 0) is 9.53 Å². The molecule has 0 heterocycles. The van der Waals surface area contributed by atoms with Gasteiger partial charge in [0.2, 0.25) is 0 Å². The fourth-order valence-corrected chi connectivity index (χ4v) is 1.14. The Kier molecular flexibility index (Phi) is 2.69. The molecular weight excluding hydrogens is 154 g/mol. The minimum absolute atomic E-state index is 0.174. The van der Waals surface area contributed by atoms with Crippen molar-refractivity contribution in [1.82, 2.24) is 0 Å². The molecule has 0 aromatic carbocycles. The van der Waals surface area contributed by atoms with Gasteiger partial charge in [0.1, 0.15) is 0 Å². The van der Waals surface area contributed by atoms with Gasteiger partial charge in [-0.15, -0.1) is 0 Å². The van der Waals surface area contributed by atoms with Crippen LogP contribution in [0, 0.1) is 16.7 Å². The number of nitriles is 1. The lowest BCUT2D eigenvalue weighted by atomic mass is 10.0. The van der Waals surface area contributed by atoms with Gasteiger partial charge in [0.25, 0.3) is 0 Å². The molecule has 0 spiro atoms. The summed E-state index contributed by atoms with van der Waals surface area (Å²) in [6.07, 6.45) is 2.95. The largest absolute Gasteiger partial charge is 0.466 e. The molecule has 0 radical (unpaired) electrons. The third-order valence-electron chi connectivity index (χ3n) is 2.20. The van der Waals surface area contributed by atoms with Gasteiger partial charge in [-0.1, -0.05) is 0 Å². The molecule has 1 fully saturated rings. The molecule has 0 bridgehead atoms. The molecule has 0 unspecified atom stereocenters. The second kappa shape index (κ2) is 3.57. The van der Waals surface area contributed by atoms with Gasteiger partial charge in [0.15, 0.2) is 0 Å². The first-order valence-corrected chi connectivity index (χ1v) is 4.29. The van der Waals surface area contributed by atoms with E-state index >= 15 is 0 Å². The number of hydrogen-bond acceptors (Lipinski definition) is 3. The summed E-state index contributed by atoms with van der Waals surface area (Å²) in [6, 6.07) is 2.24. The molecular formula is C9H13NO2.